The summed E-state index contributed by atoms with van der Waals surface area (Å²) in [6.45, 7) is 6.17. The second-order valence-electron chi connectivity index (χ2n) is 7.03. The standard InChI is InChI=1S/C15H29NO4/c1-11-4-15(7-16,5-12(11)2)6-13(19)20-10-14(3,8-17)9-18/h11-12,17-18H,4-10,16H2,1-3H3/t11-,12-/m0/s1. The zero-order valence-corrected chi connectivity index (χ0v) is 12.9. The van der Waals surface area contributed by atoms with E-state index in [2.05, 4.69) is 13.8 Å². The molecule has 0 amide bonds. The maximum Gasteiger partial charge on any atom is 0.306 e. The quantitative estimate of drug-likeness (QED) is 0.606. The summed E-state index contributed by atoms with van der Waals surface area (Å²) in [5, 5.41) is 18.4. The zero-order valence-electron chi connectivity index (χ0n) is 12.9. The summed E-state index contributed by atoms with van der Waals surface area (Å²) in [4.78, 5) is 12.0. The number of rotatable bonds is 7. The van der Waals surface area contributed by atoms with Crippen LogP contribution in [-0.4, -0.2) is 42.5 Å². The molecule has 0 radical (unpaired) electrons. The second-order valence-corrected chi connectivity index (χ2v) is 7.03. The molecule has 0 aromatic heterocycles. The molecule has 5 nitrogen and oxygen atoms in total. The SMILES string of the molecule is C[C@H]1CC(CN)(CC(=O)OCC(C)(CO)CO)C[C@@H]1C. The highest BCUT2D eigenvalue weighted by atomic mass is 16.5. The molecular weight excluding hydrogens is 258 g/mol. The zero-order chi connectivity index (χ0) is 15.4. The summed E-state index contributed by atoms with van der Waals surface area (Å²) in [6.07, 6.45) is 2.24. The van der Waals surface area contributed by atoms with Gasteiger partial charge in [0.15, 0.2) is 0 Å². The van der Waals surface area contributed by atoms with Crippen LogP contribution in [0, 0.1) is 22.7 Å². The molecule has 1 rings (SSSR count). The number of esters is 1. The smallest absolute Gasteiger partial charge is 0.306 e. The van der Waals surface area contributed by atoms with Gasteiger partial charge in [0.2, 0.25) is 0 Å². The number of carbonyl (C=O) groups excluding carboxylic acids is 1. The third-order valence-electron chi connectivity index (χ3n) is 4.78. The van der Waals surface area contributed by atoms with Gasteiger partial charge in [-0.1, -0.05) is 20.8 Å². The second kappa shape index (κ2) is 6.87. The van der Waals surface area contributed by atoms with Gasteiger partial charge >= 0.3 is 5.97 Å². The summed E-state index contributed by atoms with van der Waals surface area (Å²) in [7, 11) is 0. The van der Waals surface area contributed by atoms with Crippen molar-refractivity contribution in [1.82, 2.24) is 0 Å². The average Bonchev–Trinajstić information content (AvgIpc) is 2.71. The molecule has 0 aliphatic heterocycles. The van der Waals surface area contributed by atoms with Crippen LogP contribution < -0.4 is 5.73 Å². The number of carbonyl (C=O) groups is 1. The molecule has 1 aliphatic carbocycles. The van der Waals surface area contributed by atoms with Gasteiger partial charge in [0.25, 0.3) is 0 Å². The topological polar surface area (TPSA) is 92.8 Å². The maximum absolute atomic E-state index is 12.0. The Kier molecular flexibility index (Phi) is 5.98. The molecule has 1 aliphatic rings. The van der Waals surface area contributed by atoms with Crippen LogP contribution in [-0.2, 0) is 9.53 Å². The molecule has 5 heteroatoms. The van der Waals surface area contributed by atoms with E-state index in [1.807, 2.05) is 0 Å². The summed E-state index contributed by atoms with van der Waals surface area (Å²) in [5.74, 6) is 0.864. The molecule has 118 valence electrons. The van der Waals surface area contributed by atoms with Gasteiger partial charge < -0.3 is 20.7 Å². The van der Waals surface area contributed by atoms with Gasteiger partial charge in [0.1, 0.15) is 6.61 Å². The third kappa shape index (κ3) is 4.17. The molecule has 0 saturated heterocycles. The minimum absolute atomic E-state index is 0.0323. The summed E-state index contributed by atoms with van der Waals surface area (Å²) in [5.41, 5.74) is 4.96. The number of aliphatic hydroxyl groups excluding tert-OH is 2. The Labute approximate surface area is 121 Å². The average molecular weight is 287 g/mol. The van der Waals surface area contributed by atoms with Crippen LogP contribution in [0.5, 0.6) is 0 Å². The number of ether oxygens (including phenoxy) is 1. The lowest BCUT2D eigenvalue weighted by atomic mass is 9.81. The van der Waals surface area contributed by atoms with Crippen LogP contribution in [0.2, 0.25) is 0 Å². The molecule has 20 heavy (non-hydrogen) atoms. The first-order valence-electron chi connectivity index (χ1n) is 7.37. The molecule has 0 unspecified atom stereocenters. The first-order chi connectivity index (χ1) is 9.29. The lowest BCUT2D eigenvalue weighted by molar-refractivity contribution is -0.151. The van der Waals surface area contributed by atoms with Crippen LogP contribution in [0.3, 0.4) is 0 Å². The van der Waals surface area contributed by atoms with E-state index in [0.29, 0.717) is 24.8 Å². The largest absolute Gasteiger partial charge is 0.465 e. The lowest BCUT2D eigenvalue weighted by Crippen LogP contribution is -2.35. The van der Waals surface area contributed by atoms with Gasteiger partial charge in [-0.05, 0) is 36.6 Å². The van der Waals surface area contributed by atoms with Crippen molar-refractivity contribution >= 4 is 5.97 Å². The molecule has 1 fully saturated rings. The van der Waals surface area contributed by atoms with Crippen molar-refractivity contribution in [3.8, 4) is 0 Å². The van der Waals surface area contributed by atoms with E-state index < -0.39 is 5.41 Å². The highest BCUT2D eigenvalue weighted by Crippen LogP contribution is 2.47. The molecule has 2 atom stereocenters. The van der Waals surface area contributed by atoms with Gasteiger partial charge in [0, 0.05) is 5.41 Å². The number of hydrogen-bond acceptors (Lipinski definition) is 5. The van der Waals surface area contributed by atoms with E-state index in [0.717, 1.165) is 12.8 Å². The van der Waals surface area contributed by atoms with E-state index in [1.165, 1.54) is 0 Å². The molecule has 0 spiro atoms. The van der Waals surface area contributed by atoms with Crippen molar-refractivity contribution in [2.45, 2.75) is 40.0 Å². The van der Waals surface area contributed by atoms with Gasteiger partial charge in [-0.15, -0.1) is 0 Å². The monoisotopic (exact) mass is 287 g/mol. The predicted octanol–water partition coefficient (Wildman–Crippen LogP) is 0.922. The van der Waals surface area contributed by atoms with Crippen molar-refractivity contribution < 1.29 is 19.7 Å². The van der Waals surface area contributed by atoms with Crippen molar-refractivity contribution in [1.29, 1.82) is 0 Å². The first kappa shape index (κ1) is 17.4. The Morgan fingerprint density at radius 2 is 1.80 bits per heavy atom. The minimum Gasteiger partial charge on any atom is -0.465 e. The summed E-state index contributed by atoms with van der Waals surface area (Å²) in [6, 6.07) is 0. The fourth-order valence-electron chi connectivity index (χ4n) is 2.99. The van der Waals surface area contributed by atoms with Crippen LogP contribution in [0.1, 0.15) is 40.0 Å². The molecule has 0 bridgehead atoms. The van der Waals surface area contributed by atoms with E-state index in [9.17, 15) is 15.0 Å². The molecule has 0 aromatic carbocycles. The van der Waals surface area contributed by atoms with E-state index >= 15 is 0 Å². The molecule has 0 aromatic rings. The van der Waals surface area contributed by atoms with Crippen molar-refractivity contribution in [2.24, 2.45) is 28.4 Å². The van der Waals surface area contributed by atoms with Crippen molar-refractivity contribution in [3.05, 3.63) is 0 Å². The third-order valence-corrected chi connectivity index (χ3v) is 4.78. The van der Waals surface area contributed by atoms with Crippen molar-refractivity contribution in [2.75, 3.05) is 26.4 Å². The van der Waals surface area contributed by atoms with E-state index in [4.69, 9.17) is 10.5 Å². The normalized spacial score (nSPS) is 25.7. The Morgan fingerprint density at radius 1 is 1.30 bits per heavy atom. The van der Waals surface area contributed by atoms with E-state index in [1.54, 1.807) is 6.92 Å². The van der Waals surface area contributed by atoms with Crippen LogP contribution >= 0.6 is 0 Å². The highest BCUT2D eigenvalue weighted by molar-refractivity contribution is 5.70. The van der Waals surface area contributed by atoms with Crippen LogP contribution in [0.4, 0.5) is 0 Å². The lowest BCUT2D eigenvalue weighted by Gasteiger charge is -2.28. The Hall–Kier alpha value is -0.650. The summed E-state index contributed by atoms with van der Waals surface area (Å²) < 4.78 is 5.23. The number of hydrogen-bond donors (Lipinski definition) is 3. The van der Waals surface area contributed by atoms with Gasteiger partial charge in [0.05, 0.1) is 19.6 Å². The summed E-state index contributed by atoms with van der Waals surface area (Å²) >= 11 is 0. The number of nitrogens with two attached hydrogens (primary N) is 1. The van der Waals surface area contributed by atoms with E-state index in [-0.39, 0.29) is 31.2 Å². The molecule has 0 heterocycles. The number of aliphatic hydroxyl groups is 2. The van der Waals surface area contributed by atoms with Gasteiger partial charge in [-0.25, -0.2) is 0 Å². The Bertz CT molecular complexity index is 318. The van der Waals surface area contributed by atoms with Crippen molar-refractivity contribution in [3.63, 3.8) is 0 Å². The van der Waals surface area contributed by atoms with Crippen LogP contribution in [0.25, 0.3) is 0 Å². The fraction of sp³-hybridized carbons (Fsp3) is 0.933. The van der Waals surface area contributed by atoms with Gasteiger partial charge in [-0.3, -0.25) is 4.79 Å². The maximum atomic E-state index is 12.0. The first-order valence-corrected chi connectivity index (χ1v) is 7.37. The molecule has 1 saturated carbocycles. The minimum atomic E-state index is -0.776. The Morgan fingerprint density at radius 3 is 2.20 bits per heavy atom. The van der Waals surface area contributed by atoms with Gasteiger partial charge in [-0.2, -0.15) is 0 Å². The highest BCUT2D eigenvalue weighted by Gasteiger charge is 2.42. The van der Waals surface area contributed by atoms with Crippen LogP contribution in [0.15, 0.2) is 0 Å². The molecular formula is C15H29NO4. The molecule has 4 N–H and O–H groups in total. The Balaban J connectivity index is 2.53. The predicted molar refractivity (Wildman–Crippen MR) is 76.9 cm³/mol. The fourth-order valence-corrected chi connectivity index (χ4v) is 2.99.